The fourth-order valence-corrected chi connectivity index (χ4v) is 4.76. The van der Waals surface area contributed by atoms with Gasteiger partial charge in [-0.1, -0.05) is 75.6 Å². The minimum atomic E-state index is -0.700. The molecule has 3 aromatic rings. The lowest BCUT2D eigenvalue weighted by Gasteiger charge is -2.38. The summed E-state index contributed by atoms with van der Waals surface area (Å²) < 4.78 is 31.7. The number of benzene rings is 3. The Labute approximate surface area is 259 Å². The summed E-state index contributed by atoms with van der Waals surface area (Å²) in [4.78, 5) is 35.6. The van der Waals surface area contributed by atoms with Gasteiger partial charge in [-0.05, 0) is 72.2 Å². The Hall–Kier alpha value is -3.59. The first-order chi connectivity index (χ1) is 21.3. The Kier molecular flexibility index (Phi) is 12.5. The van der Waals surface area contributed by atoms with Crippen LogP contribution in [0.2, 0.25) is 0 Å². The summed E-state index contributed by atoms with van der Waals surface area (Å²) in [6.45, 7) is 8.70. The van der Waals surface area contributed by atoms with Gasteiger partial charge < -0.3 is 14.2 Å². The highest BCUT2D eigenvalue weighted by Crippen LogP contribution is 2.34. The van der Waals surface area contributed by atoms with Gasteiger partial charge >= 0.3 is 11.9 Å². The maximum atomic E-state index is 15.2. The van der Waals surface area contributed by atoms with Gasteiger partial charge in [0.25, 0.3) is 0 Å². The maximum absolute atomic E-state index is 15.2. The van der Waals surface area contributed by atoms with E-state index < -0.39 is 17.8 Å². The van der Waals surface area contributed by atoms with Crippen LogP contribution < -0.4 is 0 Å². The van der Waals surface area contributed by atoms with Crippen molar-refractivity contribution in [3.05, 3.63) is 83.7 Å². The summed E-state index contributed by atoms with van der Waals surface area (Å²) >= 11 is 0. The summed E-state index contributed by atoms with van der Waals surface area (Å²) in [6, 6.07) is 19.1. The molecule has 2 atom stereocenters. The van der Waals surface area contributed by atoms with Crippen LogP contribution in [0, 0.1) is 11.7 Å². The van der Waals surface area contributed by atoms with E-state index in [9.17, 15) is 9.59 Å². The minimum absolute atomic E-state index is 0.108. The van der Waals surface area contributed by atoms with Crippen molar-refractivity contribution in [1.29, 1.82) is 0 Å². The van der Waals surface area contributed by atoms with Crippen molar-refractivity contribution < 1.29 is 38.0 Å². The number of hydrogen-bond acceptors (Lipinski definition) is 7. The lowest BCUT2D eigenvalue weighted by Crippen LogP contribution is -2.44. The molecule has 1 aliphatic rings. The van der Waals surface area contributed by atoms with E-state index in [0.29, 0.717) is 24.3 Å². The summed E-state index contributed by atoms with van der Waals surface area (Å²) in [5, 5.41) is 0. The lowest BCUT2D eigenvalue weighted by atomic mass is 9.92. The minimum Gasteiger partial charge on any atom is -0.462 e. The average molecular weight is 607 g/mol. The SMILES string of the molecule is CCC(C)COC(=O)c1ccc(-c2cc(C(=O)OOCCCCCCOC[C@@]3(C)CCO3)ccc2-c2ccccc2)cc1F. The van der Waals surface area contributed by atoms with Gasteiger partial charge in [-0.15, -0.1) is 0 Å². The maximum Gasteiger partial charge on any atom is 0.373 e. The van der Waals surface area contributed by atoms with E-state index in [2.05, 4.69) is 6.92 Å². The number of carbonyl (C=O) groups is 2. The molecule has 0 aromatic heterocycles. The van der Waals surface area contributed by atoms with Gasteiger partial charge in [0.05, 0.1) is 43.2 Å². The van der Waals surface area contributed by atoms with Gasteiger partial charge in [0.2, 0.25) is 0 Å². The molecular weight excluding hydrogens is 563 g/mol. The molecular formula is C36H43FO7. The quantitative estimate of drug-likeness (QED) is 0.0663. The zero-order chi connectivity index (χ0) is 31.4. The van der Waals surface area contributed by atoms with Crippen LogP contribution in [0.5, 0.6) is 0 Å². The third kappa shape index (κ3) is 9.45. The Balaban J connectivity index is 1.34. The fourth-order valence-electron chi connectivity index (χ4n) is 4.76. The fraction of sp³-hybridized carbons (Fsp3) is 0.444. The van der Waals surface area contributed by atoms with Crippen LogP contribution in [-0.4, -0.2) is 50.6 Å². The van der Waals surface area contributed by atoms with E-state index in [1.54, 1.807) is 24.3 Å². The van der Waals surface area contributed by atoms with Crippen LogP contribution in [0.3, 0.4) is 0 Å². The molecule has 7 nitrogen and oxygen atoms in total. The van der Waals surface area contributed by atoms with E-state index in [-0.39, 0.29) is 35.9 Å². The summed E-state index contributed by atoms with van der Waals surface area (Å²) in [6.07, 6.45) is 5.52. The first kappa shape index (κ1) is 33.3. The van der Waals surface area contributed by atoms with Crippen LogP contribution in [0.25, 0.3) is 22.3 Å². The third-order valence-corrected chi connectivity index (χ3v) is 7.93. The van der Waals surface area contributed by atoms with Crippen LogP contribution in [0.15, 0.2) is 66.7 Å². The Bertz CT molecular complexity index is 1370. The monoisotopic (exact) mass is 606 g/mol. The molecule has 3 aromatic carbocycles. The first-order valence-corrected chi connectivity index (χ1v) is 15.5. The van der Waals surface area contributed by atoms with Crippen molar-refractivity contribution in [2.75, 3.05) is 33.0 Å². The predicted molar refractivity (Wildman–Crippen MR) is 167 cm³/mol. The molecule has 1 heterocycles. The summed E-state index contributed by atoms with van der Waals surface area (Å²) in [5.41, 5.74) is 2.84. The molecule has 0 saturated carbocycles. The van der Waals surface area contributed by atoms with E-state index >= 15 is 4.39 Å². The highest BCUT2D eigenvalue weighted by Gasteiger charge is 2.33. The number of unbranched alkanes of at least 4 members (excludes halogenated alkanes) is 3. The van der Waals surface area contributed by atoms with Crippen molar-refractivity contribution >= 4 is 11.9 Å². The second kappa shape index (κ2) is 16.5. The number of hydrogen-bond donors (Lipinski definition) is 0. The highest BCUT2D eigenvalue weighted by molar-refractivity contribution is 5.95. The van der Waals surface area contributed by atoms with Crippen molar-refractivity contribution in [3.63, 3.8) is 0 Å². The zero-order valence-electron chi connectivity index (χ0n) is 25.9. The van der Waals surface area contributed by atoms with E-state index in [0.717, 1.165) is 56.3 Å². The molecule has 44 heavy (non-hydrogen) atoms. The second-order valence-electron chi connectivity index (χ2n) is 11.6. The normalized spacial score (nSPS) is 16.6. The van der Waals surface area contributed by atoms with Gasteiger partial charge in [-0.3, -0.25) is 4.89 Å². The van der Waals surface area contributed by atoms with Crippen molar-refractivity contribution in [1.82, 2.24) is 0 Å². The standard InChI is InChI=1S/C36H43FO7/c1-4-26(2)24-41-35(39)31-17-14-28(23-33(31)37)32-22-29(15-16-30(32)27-12-8-7-9-13-27)34(38)44-43-20-11-6-5-10-19-40-25-36(3)18-21-42-36/h7-9,12-17,22-23,26H,4-6,10-11,18-21,24-25H2,1-3H3/t26?,36-/m1/s1. The van der Waals surface area contributed by atoms with E-state index in [1.807, 2.05) is 44.2 Å². The number of rotatable bonds is 17. The number of carbonyl (C=O) groups excluding carboxylic acids is 2. The summed E-state index contributed by atoms with van der Waals surface area (Å²) in [5.74, 6) is -1.85. The Morgan fingerprint density at radius 1 is 0.909 bits per heavy atom. The third-order valence-electron chi connectivity index (χ3n) is 7.93. The topological polar surface area (TPSA) is 80.3 Å². The first-order valence-electron chi connectivity index (χ1n) is 15.5. The van der Waals surface area contributed by atoms with E-state index in [4.69, 9.17) is 24.0 Å². The van der Waals surface area contributed by atoms with Gasteiger partial charge in [0.1, 0.15) is 5.82 Å². The molecule has 0 N–H and O–H groups in total. The number of ether oxygens (including phenoxy) is 3. The van der Waals surface area contributed by atoms with E-state index in [1.165, 1.54) is 12.1 Å². The smallest absolute Gasteiger partial charge is 0.373 e. The van der Waals surface area contributed by atoms with Crippen LogP contribution in [0.1, 0.15) is 80.0 Å². The molecule has 0 aliphatic carbocycles. The zero-order valence-corrected chi connectivity index (χ0v) is 25.9. The van der Waals surface area contributed by atoms with Gasteiger partial charge in [-0.2, -0.15) is 4.89 Å². The molecule has 1 aliphatic heterocycles. The summed E-state index contributed by atoms with van der Waals surface area (Å²) in [7, 11) is 0. The van der Waals surface area contributed by atoms with Gasteiger partial charge in [0.15, 0.2) is 0 Å². The van der Waals surface area contributed by atoms with Gasteiger partial charge in [0, 0.05) is 13.0 Å². The number of halogens is 1. The Morgan fingerprint density at radius 3 is 2.34 bits per heavy atom. The molecule has 4 rings (SSSR count). The average Bonchev–Trinajstić information content (AvgIpc) is 3.03. The molecule has 0 bridgehead atoms. The second-order valence-corrected chi connectivity index (χ2v) is 11.6. The molecule has 1 unspecified atom stereocenters. The molecule has 236 valence electrons. The number of esters is 1. The van der Waals surface area contributed by atoms with Crippen molar-refractivity contribution in [2.24, 2.45) is 5.92 Å². The van der Waals surface area contributed by atoms with Crippen LogP contribution in [0.4, 0.5) is 4.39 Å². The molecule has 8 heteroatoms. The van der Waals surface area contributed by atoms with Crippen LogP contribution >= 0.6 is 0 Å². The molecule has 0 amide bonds. The Morgan fingerprint density at radius 2 is 1.66 bits per heavy atom. The molecule has 0 spiro atoms. The predicted octanol–water partition coefficient (Wildman–Crippen LogP) is 8.21. The molecule has 0 radical (unpaired) electrons. The van der Waals surface area contributed by atoms with Crippen LogP contribution in [-0.2, 0) is 24.0 Å². The van der Waals surface area contributed by atoms with Crippen molar-refractivity contribution in [3.8, 4) is 22.3 Å². The molecule has 1 saturated heterocycles. The lowest BCUT2D eigenvalue weighted by molar-refractivity contribution is -0.241. The van der Waals surface area contributed by atoms with Crippen molar-refractivity contribution in [2.45, 2.75) is 64.9 Å². The van der Waals surface area contributed by atoms with Gasteiger partial charge in [-0.25, -0.2) is 14.0 Å². The molecule has 1 fully saturated rings. The highest BCUT2D eigenvalue weighted by atomic mass is 19.1. The largest absolute Gasteiger partial charge is 0.462 e.